The van der Waals surface area contributed by atoms with Gasteiger partial charge in [0.1, 0.15) is 11.2 Å². The summed E-state index contributed by atoms with van der Waals surface area (Å²) in [4.78, 5) is 26.8. The Bertz CT molecular complexity index is 642. The van der Waals surface area contributed by atoms with Gasteiger partial charge in [0, 0.05) is 24.4 Å². The minimum atomic E-state index is -0.695. The van der Waals surface area contributed by atoms with E-state index in [1.807, 2.05) is 12.1 Å². The highest BCUT2D eigenvalue weighted by Crippen LogP contribution is 2.32. The van der Waals surface area contributed by atoms with Crippen molar-refractivity contribution in [3.63, 3.8) is 0 Å². The van der Waals surface area contributed by atoms with Crippen LogP contribution in [0.1, 0.15) is 38.7 Å². The zero-order chi connectivity index (χ0) is 16.3. The third-order valence-electron chi connectivity index (χ3n) is 3.20. The summed E-state index contributed by atoms with van der Waals surface area (Å²) in [6.07, 6.45) is 6.67. The molecule has 0 spiro atoms. The van der Waals surface area contributed by atoms with Gasteiger partial charge in [-0.25, -0.2) is 4.79 Å². The first-order chi connectivity index (χ1) is 10.3. The highest BCUT2D eigenvalue weighted by atomic mass is 16.6. The van der Waals surface area contributed by atoms with E-state index in [1.165, 1.54) is 6.08 Å². The topological polar surface area (TPSA) is 82.3 Å². The van der Waals surface area contributed by atoms with Gasteiger partial charge in [-0.05, 0) is 44.9 Å². The molecule has 1 heterocycles. The van der Waals surface area contributed by atoms with Gasteiger partial charge in [-0.15, -0.1) is 0 Å². The Hall–Kier alpha value is -2.50. The summed E-state index contributed by atoms with van der Waals surface area (Å²) < 4.78 is 5.29. The average Bonchev–Trinajstić information content (AvgIpc) is 2.45. The van der Waals surface area contributed by atoms with Gasteiger partial charge in [0.2, 0.25) is 0 Å². The van der Waals surface area contributed by atoms with Crippen LogP contribution in [0, 0.1) is 10.1 Å². The highest BCUT2D eigenvalue weighted by molar-refractivity contribution is 5.90. The average molecular weight is 302 g/mol. The van der Waals surface area contributed by atoms with E-state index in [9.17, 15) is 14.9 Å². The molecule has 1 atom stereocenters. The minimum absolute atomic E-state index is 0.101. The van der Waals surface area contributed by atoms with E-state index < -0.39 is 16.5 Å². The summed E-state index contributed by atoms with van der Waals surface area (Å²) in [5, 5.41) is 11.2. The first-order valence-corrected chi connectivity index (χ1v) is 6.97. The van der Waals surface area contributed by atoms with Gasteiger partial charge < -0.3 is 4.74 Å². The summed E-state index contributed by atoms with van der Waals surface area (Å²) in [6.45, 7) is 5.20. The fraction of sp³-hybridized carbons (Fsp3) is 0.375. The number of allylic oxidation sites excluding steroid dienone is 2. The van der Waals surface area contributed by atoms with Gasteiger partial charge >= 0.3 is 5.97 Å². The largest absolute Gasteiger partial charge is 0.456 e. The van der Waals surface area contributed by atoms with Crippen LogP contribution >= 0.6 is 0 Å². The molecule has 6 nitrogen and oxygen atoms in total. The normalized spacial score (nSPS) is 18.2. The van der Waals surface area contributed by atoms with Gasteiger partial charge in [0.05, 0.1) is 4.92 Å². The molecule has 1 aliphatic rings. The molecule has 0 bridgehead atoms. The third kappa shape index (κ3) is 3.78. The lowest BCUT2D eigenvalue weighted by Crippen LogP contribution is -2.27. The molecule has 1 unspecified atom stereocenters. The molecule has 6 heteroatoms. The molecule has 0 saturated carbocycles. The van der Waals surface area contributed by atoms with Crippen molar-refractivity contribution in [2.75, 3.05) is 0 Å². The highest BCUT2D eigenvalue weighted by Gasteiger charge is 2.32. The molecule has 22 heavy (non-hydrogen) atoms. The van der Waals surface area contributed by atoms with Crippen molar-refractivity contribution in [3.8, 4) is 0 Å². The lowest BCUT2D eigenvalue weighted by molar-refractivity contribution is -0.420. The number of hydrogen-bond donors (Lipinski definition) is 0. The van der Waals surface area contributed by atoms with Crippen LogP contribution in [-0.4, -0.2) is 21.5 Å². The number of carbonyl (C=O) groups is 1. The molecule has 0 amide bonds. The lowest BCUT2D eigenvalue weighted by Gasteiger charge is -2.23. The Morgan fingerprint density at radius 2 is 2.00 bits per heavy atom. The third-order valence-corrected chi connectivity index (χ3v) is 3.20. The lowest BCUT2D eigenvalue weighted by atomic mass is 9.87. The molecule has 0 radical (unpaired) electrons. The predicted octanol–water partition coefficient (Wildman–Crippen LogP) is 3.00. The molecule has 1 aliphatic carbocycles. The Balaban J connectivity index is 2.31. The van der Waals surface area contributed by atoms with E-state index >= 15 is 0 Å². The maximum absolute atomic E-state index is 12.3. The number of rotatable bonds is 3. The number of nitrogens with zero attached hydrogens (tertiary/aromatic N) is 2. The summed E-state index contributed by atoms with van der Waals surface area (Å²) in [6, 6.07) is 3.66. The fourth-order valence-corrected chi connectivity index (χ4v) is 2.24. The second-order valence-electron chi connectivity index (χ2n) is 6.07. The molecule has 0 saturated heterocycles. The smallest absolute Gasteiger partial charge is 0.341 e. The Labute approximate surface area is 128 Å². The van der Waals surface area contributed by atoms with Gasteiger partial charge in [0.25, 0.3) is 5.70 Å². The Kier molecular flexibility index (Phi) is 4.40. The molecule has 1 aromatic rings. The number of ether oxygens (including phenoxy) is 1. The quantitative estimate of drug-likeness (QED) is 0.487. The van der Waals surface area contributed by atoms with E-state index in [-0.39, 0.29) is 23.6 Å². The molecule has 2 rings (SSSR count). The second-order valence-corrected chi connectivity index (χ2v) is 6.07. The number of carbonyl (C=O) groups excluding carboxylic acids is 1. The maximum Gasteiger partial charge on any atom is 0.341 e. The van der Waals surface area contributed by atoms with Crippen molar-refractivity contribution in [2.45, 2.75) is 38.7 Å². The number of aromatic nitrogens is 1. The Morgan fingerprint density at radius 3 is 2.55 bits per heavy atom. The van der Waals surface area contributed by atoms with Gasteiger partial charge in [-0.1, -0.05) is 6.08 Å². The summed E-state index contributed by atoms with van der Waals surface area (Å²) >= 11 is 0. The standard InChI is InChI=1S/C16H18N2O4/c1-16(2,3)22-15(19)13-10-12(4-5-14(13)18(20)21)11-6-8-17-9-7-11/h4-9,12H,10H2,1-3H3. The van der Waals surface area contributed by atoms with Crippen molar-refractivity contribution in [2.24, 2.45) is 0 Å². The number of pyridine rings is 1. The minimum Gasteiger partial charge on any atom is -0.456 e. The van der Waals surface area contributed by atoms with E-state index in [2.05, 4.69) is 4.98 Å². The number of esters is 1. The molecule has 0 N–H and O–H groups in total. The van der Waals surface area contributed by atoms with Gasteiger partial charge in [-0.2, -0.15) is 0 Å². The second kappa shape index (κ2) is 6.09. The predicted molar refractivity (Wildman–Crippen MR) is 80.6 cm³/mol. The van der Waals surface area contributed by atoms with Crippen LogP contribution in [-0.2, 0) is 9.53 Å². The zero-order valence-corrected chi connectivity index (χ0v) is 12.8. The molecular weight excluding hydrogens is 284 g/mol. The van der Waals surface area contributed by atoms with Crippen LogP contribution in [0.3, 0.4) is 0 Å². The SMILES string of the molecule is CC(C)(C)OC(=O)C1=C([N+](=O)[O-])C=CC(c2ccncc2)C1. The molecule has 116 valence electrons. The van der Waals surface area contributed by atoms with E-state index in [0.29, 0.717) is 0 Å². The van der Waals surface area contributed by atoms with Crippen LogP contribution in [0.15, 0.2) is 47.9 Å². The van der Waals surface area contributed by atoms with Crippen molar-refractivity contribution >= 4 is 5.97 Å². The summed E-state index contributed by atoms with van der Waals surface area (Å²) in [5.41, 5.74) is 0.164. The van der Waals surface area contributed by atoms with Crippen LogP contribution < -0.4 is 0 Å². The Morgan fingerprint density at radius 1 is 1.36 bits per heavy atom. The van der Waals surface area contributed by atoms with E-state index in [0.717, 1.165) is 5.56 Å². The summed E-state index contributed by atoms with van der Waals surface area (Å²) in [7, 11) is 0. The van der Waals surface area contributed by atoms with Gasteiger partial charge in [0.15, 0.2) is 0 Å². The van der Waals surface area contributed by atoms with Crippen LogP contribution in [0.25, 0.3) is 0 Å². The summed E-state index contributed by atoms with van der Waals surface area (Å²) in [5.74, 6) is -0.739. The molecule has 0 aliphatic heterocycles. The monoisotopic (exact) mass is 302 g/mol. The molecule has 0 fully saturated rings. The molecule has 0 aromatic carbocycles. The van der Waals surface area contributed by atoms with Crippen LogP contribution in [0.4, 0.5) is 0 Å². The zero-order valence-electron chi connectivity index (χ0n) is 12.8. The maximum atomic E-state index is 12.3. The van der Waals surface area contributed by atoms with Crippen LogP contribution in [0.2, 0.25) is 0 Å². The first kappa shape index (κ1) is 15.9. The first-order valence-electron chi connectivity index (χ1n) is 6.97. The van der Waals surface area contributed by atoms with E-state index in [1.54, 1.807) is 39.2 Å². The van der Waals surface area contributed by atoms with E-state index in [4.69, 9.17) is 4.74 Å². The number of hydrogen-bond acceptors (Lipinski definition) is 5. The van der Waals surface area contributed by atoms with Crippen LogP contribution in [0.5, 0.6) is 0 Å². The number of nitro groups is 1. The van der Waals surface area contributed by atoms with Crippen molar-refractivity contribution < 1.29 is 14.5 Å². The van der Waals surface area contributed by atoms with Gasteiger partial charge in [-0.3, -0.25) is 15.1 Å². The fourth-order valence-electron chi connectivity index (χ4n) is 2.24. The van der Waals surface area contributed by atoms with Crippen molar-refractivity contribution in [3.05, 3.63) is 63.6 Å². The van der Waals surface area contributed by atoms with Crippen molar-refractivity contribution in [1.29, 1.82) is 0 Å². The molecule has 1 aromatic heterocycles. The molecular formula is C16H18N2O4. The van der Waals surface area contributed by atoms with Crippen molar-refractivity contribution in [1.82, 2.24) is 4.98 Å².